The lowest BCUT2D eigenvalue weighted by Gasteiger charge is -2.28. The van der Waals surface area contributed by atoms with Gasteiger partial charge in [0.25, 0.3) is 0 Å². The third-order valence-corrected chi connectivity index (χ3v) is 4.21. The van der Waals surface area contributed by atoms with E-state index >= 15 is 0 Å². The maximum absolute atomic E-state index is 12.2. The molecule has 1 amide bonds. The Hall–Kier alpha value is -1.35. The van der Waals surface area contributed by atoms with Crippen molar-refractivity contribution in [2.45, 2.75) is 38.6 Å². The summed E-state index contributed by atoms with van der Waals surface area (Å²) < 4.78 is 0. The molecule has 19 heavy (non-hydrogen) atoms. The Balaban J connectivity index is 1.84. The Kier molecular flexibility index (Phi) is 4.97. The van der Waals surface area contributed by atoms with Crippen molar-refractivity contribution in [3.63, 3.8) is 0 Å². The molecular formula is C16H24N2O. The van der Waals surface area contributed by atoms with E-state index in [-0.39, 0.29) is 17.9 Å². The number of carbonyl (C=O) groups is 1. The Morgan fingerprint density at radius 1 is 1.26 bits per heavy atom. The zero-order valence-corrected chi connectivity index (χ0v) is 11.6. The molecule has 0 heterocycles. The van der Waals surface area contributed by atoms with Crippen LogP contribution in [0.2, 0.25) is 0 Å². The van der Waals surface area contributed by atoms with Crippen LogP contribution in [0.3, 0.4) is 0 Å². The van der Waals surface area contributed by atoms with Gasteiger partial charge >= 0.3 is 0 Å². The van der Waals surface area contributed by atoms with Crippen molar-refractivity contribution in [1.29, 1.82) is 0 Å². The second-order valence-corrected chi connectivity index (χ2v) is 5.59. The minimum absolute atomic E-state index is 0.0842. The van der Waals surface area contributed by atoms with E-state index in [1.165, 1.54) is 0 Å². The third kappa shape index (κ3) is 3.80. The number of hydrogen-bond acceptors (Lipinski definition) is 2. The van der Waals surface area contributed by atoms with Crippen LogP contribution in [0.1, 0.15) is 44.2 Å². The van der Waals surface area contributed by atoms with Gasteiger partial charge in [0.1, 0.15) is 0 Å². The van der Waals surface area contributed by atoms with Crippen molar-refractivity contribution in [1.82, 2.24) is 5.32 Å². The van der Waals surface area contributed by atoms with Crippen molar-refractivity contribution >= 4 is 5.91 Å². The lowest BCUT2D eigenvalue weighted by atomic mass is 9.81. The van der Waals surface area contributed by atoms with Crippen LogP contribution in [-0.2, 0) is 4.79 Å². The molecule has 1 fully saturated rings. The minimum Gasteiger partial charge on any atom is -0.349 e. The zero-order valence-electron chi connectivity index (χ0n) is 11.6. The molecule has 0 spiro atoms. The van der Waals surface area contributed by atoms with Gasteiger partial charge in [-0.2, -0.15) is 0 Å². The van der Waals surface area contributed by atoms with Gasteiger partial charge in [0.05, 0.1) is 6.04 Å². The Bertz CT molecular complexity index is 396. The largest absolute Gasteiger partial charge is 0.349 e. The van der Waals surface area contributed by atoms with Crippen LogP contribution >= 0.6 is 0 Å². The number of rotatable bonds is 4. The van der Waals surface area contributed by atoms with Gasteiger partial charge in [0.15, 0.2) is 0 Å². The Morgan fingerprint density at radius 2 is 1.89 bits per heavy atom. The number of carbonyl (C=O) groups excluding carboxylic acids is 1. The number of hydrogen-bond donors (Lipinski definition) is 2. The number of nitrogens with one attached hydrogen (secondary N) is 1. The summed E-state index contributed by atoms with van der Waals surface area (Å²) in [5.74, 6) is 0.997. The number of benzene rings is 1. The normalized spacial score (nSPS) is 24.7. The average molecular weight is 260 g/mol. The first-order chi connectivity index (χ1) is 9.20. The summed E-state index contributed by atoms with van der Waals surface area (Å²) >= 11 is 0. The van der Waals surface area contributed by atoms with Crippen LogP contribution < -0.4 is 11.1 Å². The molecule has 0 bridgehead atoms. The fraction of sp³-hybridized carbons (Fsp3) is 0.562. The van der Waals surface area contributed by atoms with E-state index in [1.54, 1.807) is 0 Å². The van der Waals surface area contributed by atoms with Gasteiger partial charge in [0.2, 0.25) is 5.91 Å². The van der Waals surface area contributed by atoms with Crippen molar-refractivity contribution in [2.24, 2.45) is 17.6 Å². The smallest absolute Gasteiger partial charge is 0.223 e. The first kappa shape index (κ1) is 14.1. The van der Waals surface area contributed by atoms with Crippen molar-refractivity contribution in [2.75, 3.05) is 6.54 Å². The fourth-order valence-corrected chi connectivity index (χ4v) is 2.82. The minimum atomic E-state index is 0.0842. The van der Waals surface area contributed by atoms with Gasteiger partial charge in [-0.3, -0.25) is 4.79 Å². The van der Waals surface area contributed by atoms with Crippen LogP contribution in [0.25, 0.3) is 0 Å². The van der Waals surface area contributed by atoms with Gasteiger partial charge in [0, 0.05) is 5.92 Å². The summed E-state index contributed by atoms with van der Waals surface area (Å²) in [5, 5.41) is 3.13. The summed E-state index contributed by atoms with van der Waals surface area (Å²) in [7, 11) is 0. The highest BCUT2D eigenvalue weighted by Crippen LogP contribution is 2.28. The van der Waals surface area contributed by atoms with Gasteiger partial charge in [-0.15, -0.1) is 0 Å². The lowest BCUT2D eigenvalue weighted by Crippen LogP contribution is -2.35. The van der Waals surface area contributed by atoms with E-state index in [0.717, 1.165) is 37.8 Å². The molecule has 3 nitrogen and oxygen atoms in total. The monoisotopic (exact) mass is 260 g/mol. The van der Waals surface area contributed by atoms with Crippen molar-refractivity contribution in [3.05, 3.63) is 35.9 Å². The maximum atomic E-state index is 12.2. The molecule has 3 heteroatoms. The molecule has 0 saturated heterocycles. The van der Waals surface area contributed by atoms with Gasteiger partial charge < -0.3 is 11.1 Å². The highest BCUT2D eigenvalue weighted by Gasteiger charge is 2.26. The molecule has 0 unspecified atom stereocenters. The first-order valence-corrected chi connectivity index (χ1v) is 7.26. The third-order valence-electron chi connectivity index (χ3n) is 4.21. The number of amides is 1. The summed E-state index contributed by atoms with van der Waals surface area (Å²) in [4.78, 5) is 12.2. The van der Waals surface area contributed by atoms with E-state index in [4.69, 9.17) is 5.73 Å². The molecule has 104 valence electrons. The molecule has 0 aromatic heterocycles. The van der Waals surface area contributed by atoms with E-state index in [9.17, 15) is 4.79 Å². The second-order valence-electron chi connectivity index (χ2n) is 5.59. The van der Waals surface area contributed by atoms with Crippen LogP contribution in [0.4, 0.5) is 0 Å². The average Bonchev–Trinajstić information content (AvgIpc) is 2.48. The maximum Gasteiger partial charge on any atom is 0.223 e. The van der Waals surface area contributed by atoms with E-state index in [2.05, 4.69) is 17.4 Å². The molecule has 1 aliphatic carbocycles. The standard InChI is InChI=1S/C16H24N2O/c1-12(14-5-3-2-4-6-14)18-16(19)15-9-7-13(11-17)8-10-15/h2-6,12-13,15H,7-11,17H2,1H3,(H,18,19)/t12-,13?,15?/m0/s1. The fourth-order valence-electron chi connectivity index (χ4n) is 2.82. The Morgan fingerprint density at radius 3 is 2.47 bits per heavy atom. The van der Waals surface area contributed by atoms with E-state index in [1.807, 2.05) is 25.1 Å². The molecule has 2 rings (SSSR count). The predicted molar refractivity (Wildman–Crippen MR) is 77.5 cm³/mol. The highest BCUT2D eigenvalue weighted by molar-refractivity contribution is 5.79. The summed E-state index contributed by atoms with van der Waals surface area (Å²) in [6, 6.07) is 10.2. The van der Waals surface area contributed by atoms with Crippen molar-refractivity contribution < 1.29 is 4.79 Å². The molecule has 1 aliphatic rings. The van der Waals surface area contributed by atoms with Crippen LogP contribution in [0.5, 0.6) is 0 Å². The van der Waals surface area contributed by atoms with Crippen molar-refractivity contribution in [3.8, 4) is 0 Å². The molecule has 1 atom stereocenters. The molecule has 1 aromatic carbocycles. The Labute approximate surface area is 115 Å². The highest BCUT2D eigenvalue weighted by atomic mass is 16.1. The summed E-state index contributed by atoms with van der Waals surface area (Å²) in [6.45, 7) is 2.80. The van der Waals surface area contributed by atoms with Crippen LogP contribution in [-0.4, -0.2) is 12.5 Å². The topological polar surface area (TPSA) is 55.1 Å². The van der Waals surface area contributed by atoms with Crippen LogP contribution in [0, 0.1) is 11.8 Å². The second kappa shape index (κ2) is 6.71. The van der Waals surface area contributed by atoms with Gasteiger partial charge in [-0.25, -0.2) is 0 Å². The zero-order chi connectivity index (χ0) is 13.7. The SMILES string of the molecule is C[C@H](NC(=O)C1CCC(CN)CC1)c1ccccc1. The molecular weight excluding hydrogens is 236 g/mol. The predicted octanol–water partition coefficient (Wildman–Crippen LogP) is 2.63. The molecule has 3 N–H and O–H groups in total. The van der Waals surface area contributed by atoms with Gasteiger partial charge in [-0.1, -0.05) is 30.3 Å². The first-order valence-electron chi connectivity index (χ1n) is 7.26. The van der Waals surface area contributed by atoms with Gasteiger partial charge in [-0.05, 0) is 50.6 Å². The van der Waals surface area contributed by atoms with E-state index < -0.39 is 0 Å². The number of nitrogens with two attached hydrogens (primary N) is 1. The quantitative estimate of drug-likeness (QED) is 0.874. The molecule has 1 aromatic rings. The molecule has 1 saturated carbocycles. The van der Waals surface area contributed by atoms with E-state index in [0.29, 0.717) is 5.92 Å². The summed E-state index contributed by atoms with van der Waals surface area (Å²) in [5.41, 5.74) is 6.84. The molecule has 0 radical (unpaired) electrons. The molecule has 0 aliphatic heterocycles. The van der Waals surface area contributed by atoms with Crippen LogP contribution in [0.15, 0.2) is 30.3 Å². The summed E-state index contributed by atoms with van der Waals surface area (Å²) in [6.07, 6.45) is 4.15. The lowest BCUT2D eigenvalue weighted by molar-refractivity contribution is -0.126.